The molecule has 0 bridgehead atoms. The Morgan fingerprint density at radius 3 is 2.43 bits per heavy atom. The molecule has 2 aromatic carbocycles. The fourth-order valence-electron chi connectivity index (χ4n) is 3.02. The minimum Gasteiger partial charge on any atom is -0.465 e. The average molecular weight is 309 g/mol. The first-order valence-electron chi connectivity index (χ1n) is 7.71. The molecule has 0 radical (unpaired) electrons. The van der Waals surface area contributed by atoms with Gasteiger partial charge in [-0.05, 0) is 25.5 Å². The molecule has 1 heterocycles. The molecule has 118 valence electrons. The predicted octanol–water partition coefficient (Wildman–Crippen LogP) is 3.05. The summed E-state index contributed by atoms with van der Waals surface area (Å²) >= 11 is 0. The lowest BCUT2D eigenvalue weighted by molar-refractivity contribution is -0.152. The van der Waals surface area contributed by atoms with Crippen LogP contribution in [0.4, 0.5) is 5.69 Å². The summed E-state index contributed by atoms with van der Waals surface area (Å²) in [5.41, 5.74) is 1.22. The number of benzene rings is 2. The average Bonchev–Trinajstić information content (AvgIpc) is 2.79. The Labute approximate surface area is 135 Å². The molecule has 0 saturated heterocycles. The summed E-state index contributed by atoms with van der Waals surface area (Å²) in [6.07, 6.45) is 0. The third kappa shape index (κ3) is 2.40. The maximum Gasteiger partial charge on any atom is 0.326 e. The smallest absolute Gasteiger partial charge is 0.326 e. The summed E-state index contributed by atoms with van der Waals surface area (Å²) in [6, 6.07) is 17.2. The maximum atomic E-state index is 13.0. The summed E-state index contributed by atoms with van der Waals surface area (Å²) in [5, 5.41) is 0. The fourth-order valence-corrected chi connectivity index (χ4v) is 3.02. The van der Waals surface area contributed by atoms with Crippen LogP contribution in [-0.2, 0) is 26.3 Å². The molecule has 1 aliphatic rings. The molecule has 2 aromatic rings. The van der Waals surface area contributed by atoms with Crippen molar-refractivity contribution in [3.63, 3.8) is 0 Å². The third-order valence-electron chi connectivity index (χ3n) is 4.27. The van der Waals surface area contributed by atoms with Crippen molar-refractivity contribution in [2.45, 2.75) is 25.8 Å². The number of rotatable bonds is 4. The Kier molecular flexibility index (Phi) is 3.90. The molecular formula is C19H19NO3. The van der Waals surface area contributed by atoms with Crippen LogP contribution in [-0.4, -0.2) is 18.5 Å². The minimum atomic E-state index is -1.28. The van der Waals surface area contributed by atoms with Gasteiger partial charge in [-0.3, -0.25) is 9.59 Å². The first kappa shape index (κ1) is 15.3. The van der Waals surface area contributed by atoms with Crippen LogP contribution in [0.25, 0.3) is 0 Å². The van der Waals surface area contributed by atoms with E-state index < -0.39 is 11.4 Å². The van der Waals surface area contributed by atoms with Crippen LogP contribution < -0.4 is 4.90 Å². The SMILES string of the molecule is CCOC(=O)C1(C)C(=O)N(Cc2ccccc2)c2ccccc21. The Bertz CT molecular complexity index is 741. The largest absolute Gasteiger partial charge is 0.465 e. The van der Waals surface area contributed by atoms with Crippen molar-refractivity contribution in [3.05, 3.63) is 65.7 Å². The van der Waals surface area contributed by atoms with Crippen LogP contribution in [0.15, 0.2) is 54.6 Å². The number of para-hydroxylation sites is 1. The quantitative estimate of drug-likeness (QED) is 0.644. The van der Waals surface area contributed by atoms with Gasteiger partial charge in [-0.25, -0.2) is 0 Å². The minimum absolute atomic E-state index is 0.235. The number of amides is 1. The number of fused-ring (bicyclic) bond motifs is 1. The van der Waals surface area contributed by atoms with E-state index in [9.17, 15) is 9.59 Å². The highest BCUT2D eigenvalue weighted by Crippen LogP contribution is 2.43. The van der Waals surface area contributed by atoms with Crippen molar-refractivity contribution >= 4 is 17.6 Å². The number of carbonyl (C=O) groups is 2. The molecule has 1 aliphatic heterocycles. The summed E-state index contributed by atoms with van der Waals surface area (Å²) in [5.74, 6) is -0.728. The predicted molar refractivity (Wildman–Crippen MR) is 88.1 cm³/mol. The standard InChI is InChI=1S/C19H19NO3/c1-3-23-18(22)19(2)15-11-7-8-12-16(15)20(17(19)21)13-14-9-5-4-6-10-14/h4-12H,3,13H2,1-2H3. The van der Waals surface area contributed by atoms with Gasteiger partial charge in [0, 0.05) is 11.3 Å². The highest BCUT2D eigenvalue weighted by molar-refractivity contribution is 6.20. The number of hydrogen-bond donors (Lipinski definition) is 0. The molecule has 4 heteroatoms. The monoisotopic (exact) mass is 309 g/mol. The van der Waals surface area contributed by atoms with E-state index in [1.54, 1.807) is 18.7 Å². The number of anilines is 1. The molecule has 1 unspecified atom stereocenters. The van der Waals surface area contributed by atoms with Crippen LogP contribution in [0.3, 0.4) is 0 Å². The van der Waals surface area contributed by atoms with Crippen LogP contribution in [0.5, 0.6) is 0 Å². The summed E-state index contributed by atoms with van der Waals surface area (Å²) in [7, 11) is 0. The van der Waals surface area contributed by atoms with Gasteiger partial charge < -0.3 is 9.64 Å². The van der Waals surface area contributed by atoms with Crippen molar-refractivity contribution in [3.8, 4) is 0 Å². The zero-order valence-corrected chi connectivity index (χ0v) is 13.3. The zero-order chi connectivity index (χ0) is 16.4. The van der Waals surface area contributed by atoms with Gasteiger partial charge in [0.25, 0.3) is 0 Å². The van der Waals surface area contributed by atoms with Gasteiger partial charge in [-0.1, -0.05) is 48.5 Å². The molecule has 0 saturated carbocycles. The van der Waals surface area contributed by atoms with Crippen molar-refractivity contribution in [1.82, 2.24) is 0 Å². The van der Waals surface area contributed by atoms with Gasteiger partial charge >= 0.3 is 5.97 Å². The van der Waals surface area contributed by atoms with Gasteiger partial charge in [-0.15, -0.1) is 0 Å². The second kappa shape index (κ2) is 5.88. The van der Waals surface area contributed by atoms with E-state index in [1.807, 2.05) is 54.6 Å². The van der Waals surface area contributed by atoms with Crippen molar-refractivity contribution in [2.24, 2.45) is 0 Å². The van der Waals surface area contributed by atoms with Crippen molar-refractivity contribution in [1.29, 1.82) is 0 Å². The second-order valence-electron chi connectivity index (χ2n) is 5.74. The van der Waals surface area contributed by atoms with E-state index in [0.717, 1.165) is 11.3 Å². The lowest BCUT2D eigenvalue weighted by atomic mass is 9.84. The molecule has 0 aliphatic carbocycles. The van der Waals surface area contributed by atoms with E-state index in [2.05, 4.69) is 0 Å². The second-order valence-corrected chi connectivity index (χ2v) is 5.74. The summed E-state index contributed by atoms with van der Waals surface area (Å²) < 4.78 is 5.17. The summed E-state index contributed by atoms with van der Waals surface area (Å²) in [6.45, 7) is 4.08. The number of esters is 1. The molecule has 4 nitrogen and oxygen atoms in total. The van der Waals surface area contributed by atoms with Crippen LogP contribution in [0.2, 0.25) is 0 Å². The molecule has 1 atom stereocenters. The number of hydrogen-bond acceptors (Lipinski definition) is 3. The molecule has 0 fully saturated rings. The highest BCUT2D eigenvalue weighted by atomic mass is 16.5. The van der Waals surface area contributed by atoms with Crippen molar-refractivity contribution in [2.75, 3.05) is 11.5 Å². The number of carbonyl (C=O) groups excluding carboxylic acids is 2. The zero-order valence-electron chi connectivity index (χ0n) is 13.3. The number of ether oxygens (including phenoxy) is 1. The Morgan fingerprint density at radius 1 is 1.09 bits per heavy atom. The van der Waals surface area contributed by atoms with Gasteiger partial charge in [0.15, 0.2) is 5.41 Å². The molecule has 0 aromatic heterocycles. The first-order valence-corrected chi connectivity index (χ1v) is 7.71. The van der Waals surface area contributed by atoms with Crippen LogP contribution >= 0.6 is 0 Å². The van der Waals surface area contributed by atoms with Gasteiger partial charge in [-0.2, -0.15) is 0 Å². The maximum absolute atomic E-state index is 13.0. The van der Waals surface area contributed by atoms with Gasteiger partial charge in [0.05, 0.1) is 13.2 Å². The normalized spacial score (nSPS) is 19.6. The fraction of sp³-hybridized carbons (Fsp3) is 0.263. The summed E-state index contributed by atoms with van der Waals surface area (Å²) in [4.78, 5) is 27.2. The molecule has 0 N–H and O–H groups in total. The Morgan fingerprint density at radius 2 is 1.74 bits per heavy atom. The third-order valence-corrected chi connectivity index (χ3v) is 4.27. The van der Waals surface area contributed by atoms with E-state index >= 15 is 0 Å². The van der Waals surface area contributed by atoms with E-state index in [1.165, 1.54) is 0 Å². The van der Waals surface area contributed by atoms with E-state index in [-0.39, 0.29) is 12.5 Å². The first-order chi connectivity index (χ1) is 11.1. The lowest BCUT2D eigenvalue weighted by Crippen LogP contribution is -2.44. The molecule has 1 amide bonds. The Hall–Kier alpha value is -2.62. The topological polar surface area (TPSA) is 46.6 Å². The number of nitrogens with zero attached hydrogens (tertiary/aromatic N) is 1. The molecule has 0 spiro atoms. The van der Waals surface area contributed by atoms with Gasteiger partial charge in [0.1, 0.15) is 0 Å². The van der Waals surface area contributed by atoms with E-state index in [4.69, 9.17) is 4.74 Å². The lowest BCUT2D eigenvalue weighted by Gasteiger charge is -2.22. The van der Waals surface area contributed by atoms with E-state index in [0.29, 0.717) is 12.1 Å². The van der Waals surface area contributed by atoms with Crippen LogP contribution in [0, 0.1) is 0 Å². The molecular weight excluding hydrogens is 290 g/mol. The van der Waals surface area contributed by atoms with Crippen molar-refractivity contribution < 1.29 is 14.3 Å². The molecule has 3 rings (SSSR count). The van der Waals surface area contributed by atoms with Crippen LogP contribution in [0.1, 0.15) is 25.0 Å². The molecule has 23 heavy (non-hydrogen) atoms. The van der Waals surface area contributed by atoms with Gasteiger partial charge in [0.2, 0.25) is 5.91 Å². The highest BCUT2D eigenvalue weighted by Gasteiger charge is 2.53. The Balaban J connectivity index is 2.03.